The van der Waals surface area contributed by atoms with E-state index >= 15 is 0 Å². The molecule has 118 valence electrons. The lowest BCUT2D eigenvalue weighted by atomic mass is 10.0. The van der Waals surface area contributed by atoms with Crippen molar-refractivity contribution in [2.45, 2.75) is 36.0 Å². The quantitative estimate of drug-likeness (QED) is 0.924. The Morgan fingerprint density at radius 3 is 2.45 bits per heavy atom. The number of aryl methyl sites for hydroxylation is 1. The molecule has 0 saturated carbocycles. The zero-order valence-electron chi connectivity index (χ0n) is 11.9. The first-order valence-corrected chi connectivity index (χ1v) is 9.74. The summed E-state index contributed by atoms with van der Waals surface area (Å²) in [6.45, 7) is 1.98. The van der Waals surface area contributed by atoms with E-state index in [4.69, 9.17) is 0 Å². The van der Waals surface area contributed by atoms with Gasteiger partial charge in [0.05, 0.1) is 9.79 Å². The van der Waals surface area contributed by atoms with Crippen LogP contribution >= 0.6 is 0 Å². The van der Waals surface area contributed by atoms with Gasteiger partial charge in [-0.3, -0.25) is 5.21 Å². The zero-order chi connectivity index (χ0) is 16.1. The lowest BCUT2D eigenvalue weighted by Crippen LogP contribution is -2.37. The monoisotopic (exact) mass is 341 g/mol. The van der Waals surface area contributed by atoms with Crippen molar-refractivity contribution in [3.05, 3.63) is 35.9 Å². The average molecular weight is 341 g/mol. The molecule has 0 aliphatic carbocycles. The predicted molar refractivity (Wildman–Crippen MR) is 80.6 cm³/mol. The summed E-state index contributed by atoms with van der Waals surface area (Å²) < 4.78 is 48.9. The Morgan fingerprint density at radius 1 is 1.05 bits per heavy atom. The molecule has 0 unspecified atom stereocenters. The highest BCUT2D eigenvalue weighted by molar-refractivity contribution is 8.04. The first-order chi connectivity index (χ1) is 10.3. The Balaban J connectivity index is 2.50. The number of sulfonamides is 2. The van der Waals surface area contributed by atoms with Crippen LogP contribution in [-0.4, -0.2) is 25.9 Å². The van der Waals surface area contributed by atoms with Crippen LogP contribution in [0, 0.1) is 0 Å². The van der Waals surface area contributed by atoms with Gasteiger partial charge in [-0.1, -0.05) is 37.6 Å². The van der Waals surface area contributed by atoms with E-state index in [-0.39, 0.29) is 15.2 Å². The van der Waals surface area contributed by atoms with Crippen molar-refractivity contribution in [3.63, 3.8) is 0 Å². The minimum Gasteiger partial charge on any atom is -0.285 e. The van der Waals surface area contributed by atoms with Gasteiger partial charge in [0.2, 0.25) is 0 Å². The van der Waals surface area contributed by atoms with Gasteiger partial charge in [0.25, 0.3) is 20.0 Å². The van der Waals surface area contributed by atoms with Crippen molar-refractivity contribution < 1.29 is 22.0 Å². The number of benzene rings is 2. The predicted octanol–water partition coefficient (Wildman–Crippen LogP) is 2.26. The van der Waals surface area contributed by atoms with E-state index < -0.39 is 23.9 Å². The average Bonchev–Trinajstić information content (AvgIpc) is 2.49. The molecule has 1 N–H and O–H groups in total. The topological polar surface area (TPSA) is 91.8 Å². The lowest BCUT2D eigenvalue weighted by Gasteiger charge is -2.25. The molecule has 0 spiro atoms. The highest BCUT2D eigenvalue weighted by atomic mass is 32.3. The molecule has 0 amide bonds. The molecule has 0 atom stereocenters. The third-order valence-corrected chi connectivity index (χ3v) is 7.67. The summed E-state index contributed by atoms with van der Waals surface area (Å²) in [5, 5.41) is 10.5. The second kappa shape index (κ2) is 5.02. The molecule has 1 heterocycles. The maximum absolute atomic E-state index is 12.5. The Morgan fingerprint density at radius 2 is 1.77 bits per heavy atom. The van der Waals surface area contributed by atoms with Crippen molar-refractivity contribution in [3.8, 4) is 0 Å². The summed E-state index contributed by atoms with van der Waals surface area (Å²) >= 11 is 0. The molecule has 0 bridgehead atoms. The standard InChI is InChI=1S/C14H15NO5S2/c1-2-3-5-11-9-8-10-6-4-7-12-13(10)14(11)22(19,20)15(16)21(12,17)18/h4,6-9,16H,2-3,5H2,1H3. The van der Waals surface area contributed by atoms with Crippen molar-refractivity contribution in [2.24, 2.45) is 0 Å². The molecule has 0 fully saturated rings. The molecular weight excluding hydrogens is 326 g/mol. The number of unbranched alkanes of at least 4 members (excludes halogenated alkanes) is 1. The van der Waals surface area contributed by atoms with Gasteiger partial charge in [-0.15, -0.1) is 0 Å². The Kier molecular flexibility index (Phi) is 3.52. The van der Waals surface area contributed by atoms with Crippen molar-refractivity contribution in [2.75, 3.05) is 0 Å². The normalized spacial score (nSPS) is 19.4. The van der Waals surface area contributed by atoms with E-state index in [1.165, 1.54) is 12.1 Å². The van der Waals surface area contributed by atoms with Crippen LogP contribution in [0.15, 0.2) is 40.1 Å². The molecule has 6 nitrogen and oxygen atoms in total. The van der Waals surface area contributed by atoms with E-state index in [0.29, 0.717) is 17.4 Å². The number of rotatable bonds is 3. The number of nitrogens with zero attached hydrogens (tertiary/aromatic N) is 1. The molecule has 3 rings (SSSR count). The minimum absolute atomic E-state index is 0.105. The fourth-order valence-corrected chi connectivity index (χ4v) is 6.32. The van der Waals surface area contributed by atoms with Crippen LogP contribution < -0.4 is 0 Å². The number of hydrogen-bond acceptors (Lipinski definition) is 5. The third kappa shape index (κ3) is 1.98. The van der Waals surface area contributed by atoms with Gasteiger partial charge in [0.15, 0.2) is 0 Å². The Labute approximate surface area is 129 Å². The van der Waals surface area contributed by atoms with Gasteiger partial charge in [-0.25, -0.2) is 16.8 Å². The molecule has 2 aromatic rings. The van der Waals surface area contributed by atoms with Crippen LogP contribution in [0.5, 0.6) is 0 Å². The van der Waals surface area contributed by atoms with Gasteiger partial charge in [0, 0.05) is 9.26 Å². The van der Waals surface area contributed by atoms with Crippen LogP contribution in [0.3, 0.4) is 0 Å². The number of hydrogen-bond donors (Lipinski definition) is 1. The first-order valence-electron chi connectivity index (χ1n) is 6.86. The second-order valence-electron chi connectivity index (χ2n) is 5.20. The van der Waals surface area contributed by atoms with E-state index in [1.807, 2.05) is 6.92 Å². The molecule has 1 aliphatic heterocycles. The maximum atomic E-state index is 12.5. The molecule has 2 aromatic carbocycles. The summed E-state index contributed by atoms with van der Waals surface area (Å²) in [6.07, 6.45) is 2.15. The largest absolute Gasteiger partial charge is 0.285 e. The summed E-state index contributed by atoms with van der Waals surface area (Å²) in [6, 6.07) is 7.88. The molecule has 0 aromatic heterocycles. The van der Waals surface area contributed by atoms with Gasteiger partial charge in [-0.05, 0) is 29.9 Å². The molecule has 22 heavy (non-hydrogen) atoms. The van der Waals surface area contributed by atoms with Crippen LogP contribution in [0.2, 0.25) is 0 Å². The summed E-state index contributed by atoms with van der Waals surface area (Å²) in [7, 11) is -8.97. The van der Waals surface area contributed by atoms with E-state index in [0.717, 1.165) is 12.8 Å². The molecule has 1 aliphatic rings. The lowest BCUT2D eigenvalue weighted by molar-refractivity contribution is 0.0937. The Hall–Kier alpha value is -1.48. The molecular formula is C14H15NO5S2. The van der Waals surface area contributed by atoms with E-state index in [2.05, 4.69) is 0 Å². The second-order valence-corrected chi connectivity index (χ2v) is 8.87. The fraction of sp³-hybridized carbons (Fsp3) is 0.286. The van der Waals surface area contributed by atoms with E-state index in [9.17, 15) is 22.0 Å². The molecule has 0 saturated heterocycles. The van der Waals surface area contributed by atoms with Crippen LogP contribution in [0.4, 0.5) is 0 Å². The van der Waals surface area contributed by atoms with Crippen LogP contribution in [-0.2, 0) is 26.5 Å². The smallest absolute Gasteiger partial charge is 0.280 e. The van der Waals surface area contributed by atoms with E-state index in [1.54, 1.807) is 18.2 Å². The van der Waals surface area contributed by atoms with Crippen LogP contribution in [0.1, 0.15) is 25.3 Å². The van der Waals surface area contributed by atoms with Crippen molar-refractivity contribution >= 4 is 30.8 Å². The molecule has 8 heteroatoms. The molecule has 0 radical (unpaired) electrons. The summed E-state index contributed by atoms with van der Waals surface area (Å²) in [5.41, 5.74) is 0.524. The Bertz CT molecular complexity index is 964. The highest BCUT2D eigenvalue weighted by Crippen LogP contribution is 2.40. The van der Waals surface area contributed by atoms with Crippen LogP contribution in [0.25, 0.3) is 10.8 Å². The summed E-state index contributed by atoms with van der Waals surface area (Å²) in [5.74, 6) is 0. The fourth-order valence-electron chi connectivity index (χ4n) is 2.72. The SMILES string of the molecule is CCCCc1ccc2cccc3c2c1S(=O)(=O)N(O)S3(=O)=O. The van der Waals surface area contributed by atoms with Crippen molar-refractivity contribution in [1.82, 2.24) is 3.87 Å². The minimum atomic E-state index is -4.49. The zero-order valence-corrected chi connectivity index (χ0v) is 13.5. The van der Waals surface area contributed by atoms with Crippen molar-refractivity contribution in [1.29, 1.82) is 0 Å². The summed E-state index contributed by atoms with van der Waals surface area (Å²) in [4.78, 5) is -0.290. The van der Waals surface area contributed by atoms with Gasteiger partial charge in [0.1, 0.15) is 0 Å². The highest BCUT2D eigenvalue weighted by Gasteiger charge is 2.44. The third-order valence-electron chi connectivity index (χ3n) is 3.79. The maximum Gasteiger partial charge on any atom is 0.280 e. The van der Waals surface area contributed by atoms with Gasteiger partial charge < -0.3 is 0 Å². The van der Waals surface area contributed by atoms with Gasteiger partial charge >= 0.3 is 0 Å². The first kappa shape index (κ1) is 15.4. The van der Waals surface area contributed by atoms with Gasteiger partial charge in [-0.2, -0.15) is 0 Å².